The summed E-state index contributed by atoms with van der Waals surface area (Å²) < 4.78 is 5.17. The number of esters is 1. The van der Waals surface area contributed by atoms with E-state index in [9.17, 15) is 14.4 Å². The number of carbonyl (C=O) groups is 3. The zero-order valence-electron chi connectivity index (χ0n) is 15.9. The van der Waals surface area contributed by atoms with Crippen LogP contribution in [0.15, 0.2) is 53.7 Å². The van der Waals surface area contributed by atoms with Gasteiger partial charge in [-0.15, -0.1) is 0 Å². The Morgan fingerprint density at radius 3 is 2.67 bits per heavy atom. The molecule has 2 aromatic carbocycles. The molecule has 0 aromatic heterocycles. The predicted octanol–water partition coefficient (Wildman–Crippen LogP) is 3.82. The maximum absolute atomic E-state index is 12.8. The van der Waals surface area contributed by atoms with Gasteiger partial charge in [-0.05, 0) is 42.3 Å². The summed E-state index contributed by atoms with van der Waals surface area (Å²) in [5.74, 6) is -0.951. The van der Waals surface area contributed by atoms with Gasteiger partial charge in [-0.2, -0.15) is 0 Å². The number of ether oxygens (including phenoxy) is 1. The number of nitrogens with zero attached hydrogens (tertiary/aromatic N) is 1. The number of amides is 3. The SMILES string of the molecule is Cc1c(Cl)cccc1NC(=O)CN1C(=O)N[C@H](c2ccc(Cl)cc2)C2=C1COC2=O. The van der Waals surface area contributed by atoms with E-state index in [1.165, 1.54) is 4.90 Å². The molecule has 9 heteroatoms. The Bertz CT molecular complexity index is 1080. The van der Waals surface area contributed by atoms with Gasteiger partial charge in [0.15, 0.2) is 0 Å². The highest BCUT2D eigenvalue weighted by molar-refractivity contribution is 6.31. The Kier molecular flexibility index (Phi) is 5.40. The Balaban J connectivity index is 1.60. The highest BCUT2D eigenvalue weighted by atomic mass is 35.5. The molecular formula is C21H17Cl2N3O4. The molecule has 2 aliphatic heterocycles. The maximum atomic E-state index is 12.8. The van der Waals surface area contributed by atoms with Crippen molar-refractivity contribution >= 4 is 46.8 Å². The van der Waals surface area contributed by atoms with Crippen LogP contribution in [0.3, 0.4) is 0 Å². The fraction of sp³-hybridized carbons (Fsp3) is 0.190. The molecule has 0 aliphatic carbocycles. The molecule has 2 aliphatic rings. The van der Waals surface area contributed by atoms with Gasteiger partial charge < -0.3 is 15.4 Å². The minimum absolute atomic E-state index is 0.0743. The number of cyclic esters (lactones) is 1. The molecule has 2 aromatic rings. The number of halogens is 2. The van der Waals surface area contributed by atoms with Gasteiger partial charge in [0.1, 0.15) is 13.2 Å². The van der Waals surface area contributed by atoms with Crippen molar-refractivity contribution in [3.63, 3.8) is 0 Å². The Morgan fingerprint density at radius 2 is 1.93 bits per heavy atom. The van der Waals surface area contributed by atoms with Crippen molar-refractivity contribution in [3.8, 4) is 0 Å². The standard InChI is InChI=1S/C21H17Cl2N3O4/c1-11-14(23)3-2-4-15(11)24-17(27)9-26-16-10-30-20(28)18(16)19(25-21(26)29)12-5-7-13(22)8-6-12/h2-8,19H,9-10H2,1H3,(H,24,27)(H,25,29)/t19-/m1/s1. The van der Waals surface area contributed by atoms with Crippen LogP contribution in [0.25, 0.3) is 0 Å². The Hall–Kier alpha value is -3.03. The molecule has 0 saturated heterocycles. The van der Waals surface area contributed by atoms with E-state index in [2.05, 4.69) is 10.6 Å². The smallest absolute Gasteiger partial charge is 0.338 e. The second-order valence-corrected chi connectivity index (χ2v) is 7.76. The highest BCUT2D eigenvalue weighted by Crippen LogP contribution is 2.35. The van der Waals surface area contributed by atoms with E-state index in [4.69, 9.17) is 27.9 Å². The minimum atomic E-state index is -0.672. The van der Waals surface area contributed by atoms with Gasteiger partial charge in [0.05, 0.1) is 17.3 Å². The number of benzene rings is 2. The van der Waals surface area contributed by atoms with E-state index in [-0.39, 0.29) is 13.2 Å². The number of urea groups is 1. The molecule has 0 unspecified atom stereocenters. The lowest BCUT2D eigenvalue weighted by atomic mass is 9.96. The first kappa shape index (κ1) is 20.3. The zero-order chi connectivity index (χ0) is 21.4. The second-order valence-electron chi connectivity index (χ2n) is 6.92. The molecule has 1 atom stereocenters. The van der Waals surface area contributed by atoms with Crippen LogP contribution in [0, 0.1) is 6.92 Å². The molecule has 2 heterocycles. The molecule has 0 radical (unpaired) electrons. The summed E-state index contributed by atoms with van der Waals surface area (Å²) >= 11 is 12.0. The second kappa shape index (κ2) is 8.01. The summed E-state index contributed by atoms with van der Waals surface area (Å²) in [5, 5.41) is 6.59. The molecule has 2 N–H and O–H groups in total. The third-order valence-corrected chi connectivity index (χ3v) is 5.71. The molecule has 3 amide bonds. The average molecular weight is 446 g/mol. The molecule has 0 spiro atoms. The largest absolute Gasteiger partial charge is 0.456 e. The van der Waals surface area contributed by atoms with Crippen molar-refractivity contribution < 1.29 is 19.1 Å². The first-order valence-electron chi connectivity index (χ1n) is 9.14. The van der Waals surface area contributed by atoms with E-state index in [1.54, 1.807) is 49.4 Å². The van der Waals surface area contributed by atoms with Crippen LogP contribution < -0.4 is 10.6 Å². The lowest BCUT2D eigenvalue weighted by molar-refractivity contribution is -0.136. The third kappa shape index (κ3) is 3.74. The molecule has 0 fully saturated rings. The lowest BCUT2D eigenvalue weighted by Crippen LogP contribution is -2.49. The first-order chi connectivity index (χ1) is 14.3. The van der Waals surface area contributed by atoms with Crippen LogP contribution in [0.2, 0.25) is 10.0 Å². The van der Waals surface area contributed by atoms with Crippen LogP contribution in [-0.4, -0.2) is 36.0 Å². The number of hydrogen-bond donors (Lipinski definition) is 2. The summed E-state index contributed by atoms with van der Waals surface area (Å²) in [7, 11) is 0. The van der Waals surface area contributed by atoms with E-state index in [1.807, 2.05) is 0 Å². The normalized spacial score (nSPS) is 18.1. The topological polar surface area (TPSA) is 87.7 Å². The number of rotatable bonds is 4. The van der Waals surface area contributed by atoms with Crippen LogP contribution in [0.4, 0.5) is 10.5 Å². The van der Waals surface area contributed by atoms with Crippen molar-refractivity contribution in [3.05, 3.63) is 74.9 Å². The zero-order valence-corrected chi connectivity index (χ0v) is 17.4. The molecule has 0 bridgehead atoms. The molecular weight excluding hydrogens is 429 g/mol. The van der Waals surface area contributed by atoms with Crippen LogP contribution in [-0.2, 0) is 14.3 Å². The van der Waals surface area contributed by atoms with Gasteiger partial charge in [0, 0.05) is 15.7 Å². The number of carbonyl (C=O) groups excluding carboxylic acids is 3. The number of nitrogens with one attached hydrogen (secondary N) is 2. The number of hydrogen-bond acceptors (Lipinski definition) is 4. The number of anilines is 1. The van der Waals surface area contributed by atoms with Gasteiger partial charge >= 0.3 is 12.0 Å². The van der Waals surface area contributed by atoms with E-state index < -0.39 is 23.9 Å². The average Bonchev–Trinajstić information content (AvgIpc) is 3.10. The summed E-state index contributed by atoms with van der Waals surface area (Å²) in [5.41, 5.74) is 2.65. The Morgan fingerprint density at radius 1 is 1.20 bits per heavy atom. The monoisotopic (exact) mass is 445 g/mol. The van der Waals surface area contributed by atoms with Crippen LogP contribution in [0.1, 0.15) is 17.2 Å². The Labute approximate surface area is 182 Å². The van der Waals surface area contributed by atoms with Crippen molar-refractivity contribution in [2.75, 3.05) is 18.5 Å². The summed E-state index contributed by atoms with van der Waals surface area (Å²) in [6.45, 7) is 1.43. The third-order valence-electron chi connectivity index (χ3n) is 5.05. The first-order valence-corrected chi connectivity index (χ1v) is 9.89. The summed E-state index contributed by atoms with van der Waals surface area (Å²) in [6, 6.07) is 10.8. The minimum Gasteiger partial charge on any atom is -0.456 e. The molecule has 0 saturated carbocycles. The molecule has 4 rings (SSSR count). The van der Waals surface area contributed by atoms with E-state index >= 15 is 0 Å². The van der Waals surface area contributed by atoms with Crippen LogP contribution >= 0.6 is 23.2 Å². The fourth-order valence-electron chi connectivity index (χ4n) is 3.46. The summed E-state index contributed by atoms with van der Waals surface area (Å²) in [4.78, 5) is 39.0. The van der Waals surface area contributed by atoms with Gasteiger partial charge in [-0.3, -0.25) is 9.69 Å². The van der Waals surface area contributed by atoms with Gasteiger partial charge in [-0.25, -0.2) is 9.59 Å². The van der Waals surface area contributed by atoms with Gasteiger partial charge in [-0.1, -0.05) is 41.4 Å². The summed E-state index contributed by atoms with van der Waals surface area (Å²) in [6.07, 6.45) is 0. The van der Waals surface area contributed by atoms with Gasteiger partial charge in [0.25, 0.3) is 0 Å². The van der Waals surface area contributed by atoms with E-state index in [0.717, 1.165) is 5.56 Å². The lowest BCUT2D eigenvalue weighted by Gasteiger charge is -2.32. The highest BCUT2D eigenvalue weighted by Gasteiger charge is 2.42. The molecule has 7 nitrogen and oxygen atoms in total. The van der Waals surface area contributed by atoms with Crippen molar-refractivity contribution in [2.45, 2.75) is 13.0 Å². The fourth-order valence-corrected chi connectivity index (χ4v) is 3.76. The quantitative estimate of drug-likeness (QED) is 0.700. The van der Waals surface area contributed by atoms with Crippen molar-refractivity contribution in [1.29, 1.82) is 0 Å². The van der Waals surface area contributed by atoms with Gasteiger partial charge in [0.2, 0.25) is 5.91 Å². The van der Waals surface area contributed by atoms with E-state index in [0.29, 0.717) is 32.6 Å². The predicted molar refractivity (Wildman–Crippen MR) is 112 cm³/mol. The van der Waals surface area contributed by atoms with Crippen LogP contribution in [0.5, 0.6) is 0 Å². The maximum Gasteiger partial charge on any atom is 0.338 e. The van der Waals surface area contributed by atoms with Crippen molar-refractivity contribution in [2.24, 2.45) is 0 Å². The molecule has 154 valence electrons. The molecule has 30 heavy (non-hydrogen) atoms. The van der Waals surface area contributed by atoms with Crippen molar-refractivity contribution in [1.82, 2.24) is 10.2 Å².